The molecule has 0 radical (unpaired) electrons. The first-order valence-electron chi connectivity index (χ1n) is 5.61. The molecule has 1 heterocycles. The van der Waals surface area contributed by atoms with Crippen molar-refractivity contribution in [2.24, 2.45) is 5.92 Å². The molecule has 0 saturated carbocycles. The van der Waals surface area contributed by atoms with Crippen LogP contribution in [-0.4, -0.2) is 13.1 Å². The Labute approximate surface area is 105 Å². The average molecular weight is 279 g/mol. The molecule has 1 saturated heterocycles. The molecule has 3 heteroatoms. The minimum absolute atomic E-state index is 0.191. The number of hydrogen-bond donors (Lipinski definition) is 0. The van der Waals surface area contributed by atoms with Crippen LogP contribution in [0, 0.1) is 24.2 Å². The van der Waals surface area contributed by atoms with Gasteiger partial charge in [-0.05, 0) is 43.5 Å². The zero-order chi connectivity index (χ0) is 11.5. The first kappa shape index (κ1) is 11.5. The average Bonchev–Trinajstić information content (AvgIpc) is 2.29. The Morgan fingerprint density at radius 2 is 2.31 bits per heavy atom. The van der Waals surface area contributed by atoms with Gasteiger partial charge in [0.05, 0.1) is 12.0 Å². The van der Waals surface area contributed by atoms with E-state index in [1.165, 1.54) is 11.3 Å². The van der Waals surface area contributed by atoms with Crippen molar-refractivity contribution in [2.45, 2.75) is 19.8 Å². The van der Waals surface area contributed by atoms with Gasteiger partial charge in [0.1, 0.15) is 0 Å². The number of anilines is 1. The Morgan fingerprint density at radius 1 is 1.50 bits per heavy atom. The lowest BCUT2D eigenvalue weighted by Crippen LogP contribution is -2.35. The molecule has 0 amide bonds. The van der Waals surface area contributed by atoms with E-state index < -0.39 is 0 Å². The second-order valence-corrected chi connectivity index (χ2v) is 5.26. The summed E-state index contributed by atoms with van der Waals surface area (Å²) < 4.78 is 1.11. The second kappa shape index (κ2) is 4.88. The molecule has 0 bridgehead atoms. The molecule has 1 atom stereocenters. The lowest BCUT2D eigenvalue weighted by atomic mass is 9.98. The molecule has 1 unspecified atom stereocenters. The van der Waals surface area contributed by atoms with Crippen LogP contribution >= 0.6 is 15.9 Å². The molecule has 0 spiro atoms. The number of hydrogen-bond acceptors (Lipinski definition) is 2. The molecule has 1 aromatic rings. The summed E-state index contributed by atoms with van der Waals surface area (Å²) in [6, 6.07) is 8.72. The number of aryl methyl sites for hydroxylation is 1. The normalized spacial score (nSPS) is 20.6. The van der Waals surface area contributed by atoms with Gasteiger partial charge in [-0.1, -0.05) is 15.9 Å². The Hall–Kier alpha value is -1.01. The molecule has 0 aromatic heterocycles. The molecule has 1 fully saturated rings. The SMILES string of the molecule is Cc1cc(Br)ccc1N1CCCC(C#N)C1. The van der Waals surface area contributed by atoms with Crippen LogP contribution in [0.5, 0.6) is 0 Å². The molecule has 1 aliphatic rings. The highest BCUT2D eigenvalue weighted by atomic mass is 79.9. The number of nitrogens with zero attached hydrogens (tertiary/aromatic N) is 2. The first-order chi connectivity index (χ1) is 7.70. The number of piperidine rings is 1. The summed E-state index contributed by atoms with van der Waals surface area (Å²) in [5, 5.41) is 8.98. The van der Waals surface area contributed by atoms with E-state index in [4.69, 9.17) is 5.26 Å². The third-order valence-corrected chi connectivity index (χ3v) is 3.60. The van der Waals surface area contributed by atoms with Gasteiger partial charge < -0.3 is 4.90 Å². The van der Waals surface area contributed by atoms with Gasteiger partial charge >= 0.3 is 0 Å². The summed E-state index contributed by atoms with van der Waals surface area (Å²) in [7, 11) is 0. The highest BCUT2D eigenvalue weighted by Crippen LogP contribution is 2.27. The zero-order valence-electron chi connectivity index (χ0n) is 9.41. The van der Waals surface area contributed by atoms with E-state index in [-0.39, 0.29) is 5.92 Å². The summed E-state index contributed by atoms with van der Waals surface area (Å²) in [6.45, 7) is 4.07. The van der Waals surface area contributed by atoms with Crippen molar-refractivity contribution in [3.05, 3.63) is 28.2 Å². The smallest absolute Gasteiger partial charge is 0.0674 e. The Bertz CT molecular complexity index is 422. The van der Waals surface area contributed by atoms with E-state index >= 15 is 0 Å². The highest BCUT2D eigenvalue weighted by molar-refractivity contribution is 9.10. The maximum atomic E-state index is 8.98. The Balaban J connectivity index is 2.20. The molecule has 1 aliphatic heterocycles. The summed E-state index contributed by atoms with van der Waals surface area (Å²) >= 11 is 3.47. The molecular weight excluding hydrogens is 264 g/mol. The van der Waals surface area contributed by atoms with E-state index in [0.29, 0.717) is 0 Å². The summed E-state index contributed by atoms with van der Waals surface area (Å²) in [5.41, 5.74) is 2.54. The minimum atomic E-state index is 0.191. The molecule has 16 heavy (non-hydrogen) atoms. The Kier molecular flexibility index (Phi) is 3.50. The molecular formula is C13H15BrN2. The van der Waals surface area contributed by atoms with E-state index in [2.05, 4.69) is 52.0 Å². The fourth-order valence-corrected chi connectivity index (χ4v) is 2.75. The predicted molar refractivity (Wildman–Crippen MR) is 69.4 cm³/mol. The van der Waals surface area contributed by atoms with Gasteiger partial charge in [0.2, 0.25) is 0 Å². The second-order valence-electron chi connectivity index (χ2n) is 4.35. The van der Waals surface area contributed by atoms with Crippen molar-refractivity contribution in [1.29, 1.82) is 5.26 Å². The highest BCUT2D eigenvalue weighted by Gasteiger charge is 2.20. The van der Waals surface area contributed by atoms with Crippen LogP contribution in [0.25, 0.3) is 0 Å². The molecule has 84 valence electrons. The van der Waals surface area contributed by atoms with E-state index in [1.54, 1.807) is 0 Å². The van der Waals surface area contributed by atoms with Crippen molar-refractivity contribution in [3.8, 4) is 6.07 Å². The summed E-state index contributed by atoms with van der Waals surface area (Å²) in [5.74, 6) is 0.191. The maximum absolute atomic E-state index is 8.98. The third kappa shape index (κ3) is 2.38. The monoisotopic (exact) mass is 278 g/mol. The van der Waals surface area contributed by atoms with Crippen LogP contribution in [0.1, 0.15) is 18.4 Å². The van der Waals surface area contributed by atoms with Gasteiger partial charge in [0, 0.05) is 23.2 Å². The van der Waals surface area contributed by atoms with Crippen LogP contribution in [-0.2, 0) is 0 Å². The van der Waals surface area contributed by atoms with Crippen molar-refractivity contribution in [1.82, 2.24) is 0 Å². The number of rotatable bonds is 1. The molecule has 2 rings (SSSR count). The lowest BCUT2D eigenvalue weighted by Gasteiger charge is -2.32. The van der Waals surface area contributed by atoms with Gasteiger partial charge in [0.25, 0.3) is 0 Å². The molecule has 1 aromatic carbocycles. The first-order valence-corrected chi connectivity index (χ1v) is 6.40. The van der Waals surface area contributed by atoms with Gasteiger partial charge in [-0.25, -0.2) is 0 Å². The molecule has 0 N–H and O–H groups in total. The standard InChI is InChI=1S/C13H15BrN2/c1-10-7-12(14)4-5-13(10)16-6-2-3-11(8-15)9-16/h4-5,7,11H,2-3,6,9H2,1H3. The molecule has 0 aliphatic carbocycles. The zero-order valence-corrected chi connectivity index (χ0v) is 11.0. The third-order valence-electron chi connectivity index (χ3n) is 3.10. The van der Waals surface area contributed by atoms with Gasteiger partial charge in [-0.2, -0.15) is 5.26 Å². The fraction of sp³-hybridized carbons (Fsp3) is 0.462. The van der Waals surface area contributed by atoms with Crippen LogP contribution in [0.4, 0.5) is 5.69 Å². The summed E-state index contributed by atoms with van der Waals surface area (Å²) in [6.07, 6.45) is 2.16. The van der Waals surface area contributed by atoms with Gasteiger partial charge in [-0.15, -0.1) is 0 Å². The van der Waals surface area contributed by atoms with E-state index in [1.807, 2.05) is 0 Å². The number of benzene rings is 1. The van der Waals surface area contributed by atoms with E-state index in [0.717, 1.165) is 30.4 Å². The molecule has 2 nitrogen and oxygen atoms in total. The Morgan fingerprint density at radius 3 is 3.00 bits per heavy atom. The van der Waals surface area contributed by atoms with Gasteiger partial charge in [0.15, 0.2) is 0 Å². The predicted octanol–water partition coefficient (Wildman–Crippen LogP) is 3.50. The van der Waals surface area contributed by atoms with Crippen molar-refractivity contribution < 1.29 is 0 Å². The number of halogens is 1. The quantitative estimate of drug-likeness (QED) is 0.786. The van der Waals surface area contributed by atoms with Crippen molar-refractivity contribution >= 4 is 21.6 Å². The van der Waals surface area contributed by atoms with E-state index in [9.17, 15) is 0 Å². The topological polar surface area (TPSA) is 27.0 Å². The number of nitriles is 1. The summed E-state index contributed by atoms with van der Waals surface area (Å²) in [4.78, 5) is 2.33. The fourth-order valence-electron chi connectivity index (χ4n) is 2.28. The van der Waals surface area contributed by atoms with Crippen molar-refractivity contribution in [3.63, 3.8) is 0 Å². The largest absolute Gasteiger partial charge is 0.370 e. The van der Waals surface area contributed by atoms with Crippen LogP contribution in [0.3, 0.4) is 0 Å². The van der Waals surface area contributed by atoms with Crippen molar-refractivity contribution in [2.75, 3.05) is 18.0 Å². The lowest BCUT2D eigenvalue weighted by molar-refractivity contribution is 0.493. The van der Waals surface area contributed by atoms with Gasteiger partial charge in [-0.3, -0.25) is 0 Å². The van der Waals surface area contributed by atoms with Crippen LogP contribution in [0.15, 0.2) is 22.7 Å². The van der Waals surface area contributed by atoms with Crippen LogP contribution < -0.4 is 4.90 Å². The maximum Gasteiger partial charge on any atom is 0.0674 e. The van der Waals surface area contributed by atoms with Crippen LogP contribution in [0.2, 0.25) is 0 Å². The minimum Gasteiger partial charge on any atom is -0.370 e.